The number of amides is 1. The number of Topliss-reactive ketones (excluding diaryl/α,β-unsaturated/α-hetero) is 1. The highest BCUT2D eigenvalue weighted by atomic mass is 32.2. The summed E-state index contributed by atoms with van der Waals surface area (Å²) in [4.78, 5) is 26.1. The zero-order valence-electron chi connectivity index (χ0n) is 11.4. The van der Waals surface area contributed by atoms with Crippen molar-refractivity contribution in [2.24, 2.45) is 0 Å². The summed E-state index contributed by atoms with van der Waals surface area (Å²) in [5.74, 6) is -0.206. The number of thioether (sulfide) groups is 1. The van der Waals surface area contributed by atoms with Crippen LogP contribution in [0.25, 0.3) is 0 Å². The minimum atomic E-state index is -0.997. The number of hydrogen-bond acceptors (Lipinski definition) is 5. The molecule has 1 aromatic carbocycles. The first-order chi connectivity index (χ1) is 9.43. The molecule has 0 spiro atoms. The maximum absolute atomic E-state index is 12.2. The SMILES string of the molecule is CC(=O)c1ccc2c(c1)N(CC(O)CO)C(=O)C(C)S2. The molecule has 5 nitrogen and oxygen atoms in total. The Hall–Kier alpha value is -1.37. The zero-order chi connectivity index (χ0) is 14.9. The van der Waals surface area contributed by atoms with E-state index in [4.69, 9.17) is 5.11 Å². The van der Waals surface area contributed by atoms with Crippen LogP contribution in [0.3, 0.4) is 0 Å². The number of fused-ring (bicyclic) bond motifs is 1. The van der Waals surface area contributed by atoms with Crippen LogP contribution in [0.1, 0.15) is 24.2 Å². The van der Waals surface area contributed by atoms with Gasteiger partial charge in [0, 0.05) is 10.5 Å². The van der Waals surface area contributed by atoms with Crippen molar-refractivity contribution < 1.29 is 19.8 Å². The van der Waals surface area contributed by atoms with Crippen molar-refractivity contribution in [3.05, 3.63) is 23.8 Å². The highest BCUT2D eigenvalue weighted by Crippen LogP contribution is 2.39. The number of hydrogen-bond donors (Lipinski definition) is 2. The lowest BCUT2D eigenvalue weighted by Gasteiger charge is -2.33. The van der Waals surface area contributed by atoms with E-state index < -0.39 is 12.7 Å². The maximum Gasteiger partial charge on any atom is 0.240 e. The van der Waals surface area contributed by atoms with Crippen molar-refractivity contribution in [1.29, 1.82) is 0 Å². The number of rotatable bonds is 4. The molecule has 2 unspecified atom stereocenters. The van der Waals surface area contributed by atoms with Gasteiger partial charge in [0.15, 0.2) is 5.78 Å². The fraction of sp³-hybridized carbons (Fsp3) is 0.429. The van der Waals surface area contributed by atoms with E-state index >= 15 is 0 Å². The standard InChI is InChI=1S/C14H17NO4S/c1-8(17)10-3-4-13-12(5-10)15(6-11(18)7-16)14(19)9(2)20-13/h3-5,9,11,16,18H,6-7H2,1-2H3. The van der Waals surface area contributed by atoms with Crippen molar-refractivity contribution in [2.45, 2.75) is 30.1 Å². The highest BCUT2D eigenvalue weighted by molar-refractivity contribution is 8.00. The van der Waals surface area contributed by atoms with Crippen molar-refractivity contribution >= 4 is 29.1 Å². The molecule has 0 aliphatic carbocycles. The summed E-state index contributed by atoms with van der Waals surface area (Å²) < 4.78 is 0. The molecule has 0 saturated heterocycles. The summed E-state index contributed by atoms with van der Waals surface area (Å²) in [5.41, 5.74) is 1.15. The number of benzene rings is 1. The van der Waals surface area contributed by atoms with E-state index in [-0.39, 0.29) is 23.5 Å². The Kier molecular flexibility index (Phi) is 4.47. The third-order valence-electron chi connectivity index (χ3n) is 3.18. The summed E-state index contributed by atoms with van der Waals surface area (Å²) in [7, 11) is 0. The predicted molar refractivity (Wildman–Crippen MR) is 77.2 cm³/mol. The average molecular weight is 295 g/mol. The van der Waals surface area contributed by atoms with Crippen molar-refractivity contribution in [1.82, 2.24) is 0 Å². The molecule has 0 fully saturated rings. The average Bonchev–Trinajstić information content (AvgIpc) is 2.43. The number of aliphatic hydroxyl groups is 2. The first-order valence-electron chi connectivity index (χ1n) is 6.36. The Morgan fingerprint density at radius 1 is 1.50 bits per heavy atom. The van der Waals surface area contributed by atoms with E-state index in [0.29, 0.717) is 11.3 Å². The number of β-amino-alcohol motifs (C(OH)–C–C–N with tert-alkyl or cyclic N) is 1. The molecular formula is C14H17NO4S. The number of aliphatic hydroxyl groups excluding tert-OH is 2. The van der Waals surface area contributed by atoms with Gasteiger partial charge in [0.2, 0.25) is 5.91 Å². The summed E-state index contributed by atoms with van der Waals surface area (Å²) in [6.45, 7) is 2.88. The molecule has 0 aromatic heterocycles. The van der Waals surface area contributed by atoms with Gasteiger partial charge in [0.25, 0.3) is 0 Å². The van der Waals surface area contributed by atoms with E-state index in [1.165, 1.54) is 23.6 Å². The molecule has 0 bridgehead atoms. The van der Waals surface area contributed by atoms with E-state index in [2.05, 4.69) is 0 Å². The predicted octanol–water partition coefficient (Wildman–Crippen LogP) is 1.07. The monoisotopic (exact) mass is 295 g/mol. The minimum absolute atomic E-state index is 0.0224. The largest absolute Gasteiger partial charge is 0.394 e. The normalized spacial score (nSPS) is 19.7. The van der Waals surface area contributed by atoms with Gasteiger partial charge in [-0.05, 0) is 26.0 Å². The van der Waals surface area contributed by atoms with Gasteiger partial charge in [-0.1, -0.05) is 6.07 Å². The second kappa shape index (κ2) is 5.95. The topological polar surface area (TPSA) is 77.8 Å². The van der Waals surface area contributed by atoms with Crippen LogP contribution in [0.5, 0.6) is 0 Å². The van der Waals surface area contributed by atoms with Gasteiger partial charge in [0.1, 0.15) is 0 Å². The van der Waals surface area contributed by atoms with Crippen LogP contribution in [0.4, 0.5) is 5.69 Å². The number of carbonyl (C=O) groups excluding carboxylic acids is 2. The van der Waals surface area contributed by atoms with E-state index in [0.717, 1.165) is 4.90 Å². The van der Waals surface area contributed by atoms with Gasteiger partial charge < -0.3 is 15.1 Å². The first-order valence-corrected chi connectivity index (χ1v) is 7.24. The van der Waals surface area contributed by atoms with Crippen LogP contribution >= 0.6 is 11.8 Å². The summed E-state index contributed by atoms with van der Waals surface area (Å²) >= 11 is 1.43. The summed E-state index contributed by atoms with van der Waals surface area (Å²) in [6.07, 6.45) is -0.997. The molecule has 1 heterocycles. The fourth-order valence-electron chi connectivity index (χ4n) is 2.08. The molecule has 108 valence electrons. The van der Waals surface area contributed by atoms with Gasteiger partial charge in [0.05, 0.1) is 30.2 Å². The molecule has 0 saturated carbocycles. The third-order valence-corrected chi connectivity index (χ3v) is 4.33. The van der Waals surface area contributed by atoms with Crippen LogP contribution in [0.2, 0.25) is 0 Å². The maximum atomic E-state index is 12.2. The Labute approximate surface area is 121 Å². The van der Waals surface area contributed by atoms with Crippen molar-refractivity contribution in [3.63, 3.8) is 0 Å². The summed E-state index contributed by atoms with van der Waals surface area (Å²) in [5, 5.41) is 18.3. The van der Waals surface area contributed by atoms with Crippen LogP contribution < -0.4 is 4.90 Å². The van der Waals surface area contributed by atoms with Gasteiger partial charge in [-0.15, -0.1) is 11.8 Å². The Bertz CT molecular complexity index is 546. The minimum Gasteiger partial charge on any atom is -0.394 e. The lowest BCUT2D eigenvalue weighted by molar-refractivity contribution is -0.118. The van der Waals surface area contributed by atoms with Gasteiger partial charge in [-0.2, -0.15) is 0 Å². The molecule has 2 rings (SSSR count). The summed E-state index contributed by atoms with van der Waals surface area (Å²) in [6, 6.07) is 5.22. The first kappa shape index (κ1) is 15.0. The number of ketones is 1. The molecule has 2 N–H and O–H groups in total. The molecule has 1 aliphatic heterocycles. The van der Waals surface area contributed by atoms with Crippen molar-refractivity contribution in [2.75, 3.05) is 18.1 Å². The molecule has 1 amide bonds. The molecule has 20 heavy (non-hydrogen) atoms. The number of anilines is 1. The van der Waals surface area contributed by atoms with Gasteiger partial charge >= 0.3 is 0 Å². The number of carbonyl (C=O) groups is 2. The van der Waals surface area contributed by atoms with E-state index in [9.17, 15) is 14.7 Å². The van der Waals surface area contributed by atoms with Gasteiger partial charge in [-0.25, -0.2) is 0 Å². The molecule has 1 aliphatic rings. The molecule has 0 radical (unpaired) electrons. The highest BCUT2D eigenvalue weighted by Gasteiger charge is 2.32. The number of nitrogens with zero attached hydrogens (tertiary/aromatic N) is 1. The quantitative estimate of drug-likeness (QED) is 0.812. The van der Waals surface area contributed by atoms with E-state index in [1.807, 2.05) is 6.07 Å². The molecular weight excluding hydrogens is 278 g/mol. The van der Waals surface area contributed by atoms with E-state index in [1.54, 1.807) is 19.1 Å². The lowest BCUT2D eigenvalue weighted by atomic mass is 10.1. The van der Waals surface area contributed by atoms with Crippen LogP contribution in [-0.2, 0) is 4.79 Å². The zero-order valence-corrected chi connectivity index (χ0v) is 12.2. The second-order valence-corrected chi connectivity index (χ2v) is 6.17. The molecule has 2 atom stereocenters. The second-order valence-electron chi connectivity index (χ2n) is 4.78. The lowest BCUT2D eigenvalue weighted by Crippen LogP contribution is -2.44. The van der Waals surface area contributed by atoms with Gasteiger partial charge in [-0.3, -0.25) is 9.59 Å². The Morgan fingerprint density at radius 3 is 2.80 bits per heavy atom. The smallest absolute Gasteiger partial charge is 0.240 e. The van der Waals surface area contributed by atoms with Crippen LogP contribution in [-0.4, -0.2) is 46.4 Å². The molecule has 6 heteroatoms. The van der Waals surface area contributed by atoms with Crippen LogP contribution in [0.15, 0.2) is 23.1 Å². The molecule has 1 aromatic rings. The Balaban J connectivity index is 2.43. The van der Waals surface area contributed by atoms with Crippen molar-refractivity contribution in [3.8, 4) is 0 Å². The Morgan fingerprint density at radius 2 is 2.20 bits per heavy atom. The fourth-order valence-corrected chi connectivity index (χ4v) is 3.13. The third kappa shape index (κ3) is 2.87. The van der Waals surface area contributed by atoms with Crippen LogP contribution in [0, 0.1) is 0 Å².